The lowest BCUT2D eigenvalue weighted by Gasteiger charge is -2.29. The van der Waals surface area contributed by atoms with Crippen LogP contribution in [0.2, 0.25) is 0 Å². The third-order valence-corrected chi connectivity index (χ3v) is 3.10. The molecular weight excluding hydrogens is 196 g/mol. The van der Waals surface area contributed by atoms with Gasteiger partial charge in [0.25, 0.3) is 0 Å². The van der Waals surface area contributed by atoms with Crippen molar-refractivity contribution in [2.45, 2.75) is 25.8 Å². The number of hydrogen-bond acceptors (Lipinski definition) is 2. The van der Waals surface area contributed by atoms with Crippen LogP contribution in [0.3, 0.4) is 0 Å². The fourth-order valence-electron chi connectivity index (χ4n) is 1.90. The Kier molecular flexibility index (Phi) is 2.60. The van der Waals surface area contributed by atoms with E-state index in [1.807, 2.05) is 13.0 Å². The van der Waals surface area contributed by atoms with Crippen molar-refractivity contribution in [3.63, 3.8) is 0 Å². The van der Waals surface area contributed by atoms with Gasteiger partial charge in [0.05, 0.1) is 5.54 Å². The van der Waals surface area contributed by atoms with Crippen LogP contribution in [0.5, 0.6) is 0 Å². The molecule has 84 valence electrons. The highest BCUT2D eigenvalue weighted by Crippen LogP contribution is 2.30. The molecule has 0 spiro atoms. The molecule has 1 aromatic carbocycles. The fourth-order valence-corrected chi connectivity index (χ4v) is 1.90. The summed E-state index contributed by atoms with van der Waals surface area (Å²) in [5, 5.41) is 0. The van der Waals surface area contributed by atoms with Gasteiger partial charge in [-0.15, -0.1) is 0 Å². The average Bonchev–Trinajstić information content (AvgIpc) is 2.23. The van der Waals surface area contributed by atoms with Gasteiger partial charge < -0.3 is 11.5 Å². The van der Waals surface area contributed by atoms with Crippen molar-refractivity contribution in [3.05, 3.63) is 53.2 Å². The summed E-state index contributed by atoms with van der Waals surface area (Å²) in [7, 11) is 0. The second kappa shape index (κ2) is 3.80. The van der Waals surface area contributed by atoms with Gasteiger partial charge in [-0.3, -0.25) is 0 Å². The van der Waals surface area contributed by atoms with Crippen molar-refractivity contribution in [1.82, 2.24) is 0 Å². The van der Waals surface area contributed by atoms with Crippen molar-refractivity contribution in [1.29, 1.82) is 0 Å². The van der Waals surface area contributed by atoms with E-state index in [-0.39, 0.29) is 0 Å². The van der Waals surface area contributed by atoms with Gasteiger partial charge in [-0.2, -0.15) is 0 Å². The first-order valence-electron chi connectivity index (χ1n) is 5.52. The molecule has 1 atom stereocenters. The minimum atomic E-state index is -0.422. The van der Waals surface area contributed by atoms with Gasteiger partial charge in [0.1, 0.15) is 0 Å². The molecular formula is C14H18N2. The quantitative estimate of drug-likeness (QED) is 0.754. The van der Waals surface area contributed by atoms with Gasteiger partial charge in [-0.05, 0) is 37.5 Å². The molecule has 2 nitrogen and oxygen atoms in total. The van der Waals surface area contributed by atoms with Crippen molar-refractivity contribution in [3.8, 4) is 0 Å². The van der Waals surface area contributed by atoms with Gasteiger partial charge in [-0.25, -0.2) is 0 Å². The Morgan fingerprint density at radius 3 is 2.31 bits per heavy atom. The van der Waals surface area contributed by atoms with E-state index >= 15 is 0 Å². The minimum Gasteiger partial charge on any atom is -0.401 e. The SMILES string of the molecule is Cc1ccc(C2=CC=C(N)C(C)(N)C2)cc1. The molecule has 0 fully saturated rings. The maximum atomic E-state index is 6.14. The average molecular weight is 214 g/mol. The van der Waals surface area contributed by atoms with E-state index in [1.54, 1.807) is 0 Å². The first-order valence-corrected chi connectivity index (χ1v) is 5.52. The number of nitrogens with two attached hydrogens (primary N) is 2. The summed E-state index contributed by atoms with van der Waals surface area (Å²) in [6.45, 7) is 4.06. The first kappa shape index (κ1) is 11.0. The van der Waals surface area contributed by atoms with Gasteiger partial charge in [0.2, 0.25) is 0 Å². The molecule has 0 bridgehead atoms. The van der Waals surface area contributed by atoms with Crippen molar-refractivity contribution in [2.75, 3.05) is 0 Å². The van der Waals surface area contributed by atoms with Gasteiger partial charge in [-0.1, -0.05) is 35.9 Å². The molecule has 0 aliphatic heterocycles. The van der Waals surface area contributed by atoms with E-state index < -0.39 is 5.54 Å². The van der Waals surface area contributed by atoms with Crippen LogP contribution < -0.4 is 11.5 Å². The normalized spacial score (nSPS) is 24.9. The second-order valence-corrected chi connectivity index (χ2v) is 4.77. The summed E-state index contributed by atoms with van der Waals surface area (Å²) in [5.74, 6) is 0. The molecule has 1 unspecified atom stereocenters. The molecule has 16 heavy (non-hydrogen) atoms. The lowest BCUT2D eigenvalue weighted by Crippen LogP contribution is -2.43. The molecule has 4 N–H and O–H groups in total. The van der Waals surface area contributed by atoms with Crippen LogP contribution >= 0.6 is 0 Å². The molecule has 0 saturated carbocycles. The maximum absolute atomic E-state index is 6.14. The highest BCUT2D eigenvalue weighted by molar-refractivity contribution is 5.70. The lowest BCUT2D eigenvalue weighted by atomic mass is 9.83. The predicted molar refractivity (Wildman–Crippen MR) is 68.6 cm³/mol. The van der Waals surface area contributed by atoms with Crippen LogP contribution in [0.1, 0.15) is 24.5 Å². The highest BCUT2D eigenvalue weighted by Gasteiger charge is 2.26. The van der Waals surface area contributed by atoms with Gasteiger partial charge in [0.15, 0.2) is 0 Å². The molecule has 0 radical (unpaired) electrons. The summed E-state index contributed by atoms with van der Waals surface area (Å²) >= 11 is 0. The Hall–Kier alpha value is -1.54. The van der Waals surface area contributed by atoms with E-state index in [2.05, 4.69) is 37.3 Å². The number of rotatable bonds is 1. The molecule has 0 heterocycles. The van der Waals surface area contributed by atoms with Crippen molar-refractivity contribution in [2.24, 2.45) is 11.5 Å². The standard InChI is InChI=1S/C14H18N2/c1-10-3-5-11(6-4-10)12-7-8-13(15)14(2,16)9-12/h3-8H,9,15-16H2,1-2H3. The Bertz CT molecular complexity index is 450. The monoisotopic (exact) mass is 214 g/mol. The zero-order valence-electron chi connectivity index (χ0n) is 9.83. The Morgan fingerprint density at radius 1 is 1.12 bits per heavy atom. The number of aryl methyl sites for hydroxylation is 1. The van der Waals surface area contributed by atoms with Gasteiger partial charge >= 0.3 is 0 Å². The summed E-state index contributed by atoms with van der Waals surface area (Å²) in [5.41, 5.74) is 16.1. The Morgan fingerprint density at radius 2 is 1.75 bits per heavy atom. The molecule has 0 amide bonds. The molecule has 2 rings (SSSR count). The van der Waals surface area contributed by atoms with E-state index in [0.29, 0.717) is 0 Å². The van der Waals surface area contributed by atoms with Crippen LogP contribution in [0.4, 0.5) is 0 Å². The largest absolute Gasteiger partial charge is 0.401 e. The summed E-state index contributed by atoms with van der Waals surface area (Å²) in [4.78, 5) is 0. The smallest absolute Gasteiger partial charge is 0.0568 e. The van der Waals surface area contributed by atoms with Crippen LogP contribution in [-0.2, 0) is 0 Å². The van der Waals surface area contributed by atoms with E-state index in [1.165, 1.54) is 16.7 Å². The van der Waals surface area contributed by atoms with Crippen molar-refractivity contribution < 1.29 is 0 Å². The lowest BCUT2D eigenvalue weighted by molar-refractivity contribution is 0.553. The zero-order valence-corrected chi connectivity index (χ0v) is 9.83. The highest BCUT2D eigenvalue weighted by atomic mass is 14.8. The first-order chi connectivity index (χ1) is 7.49. The van der Waals surface area contributed by atoms with E-state index in [4.69, 9.17) is 11.5 Å². The minimum absolute atomic E-state index is 0.422. The molecule has 1 aliphatic rings. The zero-order chi connectivity index (χ0) is 11.8. The molecule has 1 aromatic rings. The van der Waals surface area contributed by atoms with Crippen LogP contribution in [0.15, 0.2) is 42.1 Å². The number of allylic oxidation sites excluding steroid dienone is 2. The topological polar surface area (TPSA) is 52.0 Å². The number of benzene rings is 1. The Labute approximate surface area is 96.6 Å². The van der Waals surface area contributed by atoms with Crippen molar-refractivity contribution >= 4 is 5.57 Å². The molecule has 2 heteroatoms. The summed E-state index contributed by atoms with van der Waals surface area (Å²) in [6, 6.07) is 8.50. The molecule has 1 aliphatic carbocycles. The van der Waals surface area contributed by atoms with Crippen LogP contribution in [0.25, 0.3) is 5.57 Å². The Balaban J connectivity index is 2.34. The fraction of sp³-hybridized carbons (Fsp3) is 0.286. The molecule has 0 saturated heterocycles. The third kappa shape index (κ3) is 2.02. The van der Waals surface area contributed by atoms with E-state index in [0.717, 1.165) is 12.1 Å². The third-order valence-electron chi connectivity index (χ3n) is 3.10. The second-order valence-electron chi connectivity index (χ2n) is 4.77. The summed E-state index contributed by atoms with van der Waals surface area (Å²) in [6.07, 6.45) is 4.77. The van der Waals surface area contributed by atoms with Gasteiger partial charge in [0, 0.05) is 5.70 Å². The van der Waals surface area contributed by atoms with E-state index in [9.17, 15) is 0 Å². The molecule has 0 aromatic heterocycles. The van der Waals surface area contributed by atoms with Crippen LogP contribution in [0, 0.1) is 6.92 Å². The predicted octanol–water partition coefficient (Wildman–Crippen LogP) is 2.34. The summed E-state index contributed by atoms with van der Waals surface area (Å²) < 4.78 is 0. The number of hydrogen-bond donors (Lipinski definition) is 2. The maximum Gasteiger partial charge on any atom is 0.0568 e. The van der Waals surface area contributed by atoms with Crippen LogP contribution in [-0.4, -0.2) is 5.54 Å².